The summed E-state index contributed by atoms with van der Waals surface area (Å²) in [7, 11) is 0. The fourth-order valence-electron chi connectivity index (χ4n) is 1.54. The standard InChI is InChI=1S/C12H15F4N/c1-2-17-7-3-4-9-5-6-10(11(13)8-9)12(14,15)16/h5-6,8,17H,2-4,7H2,1H3. The number of aryl methyl sites for hydroxylation is 1. The van der Waals surface area contributed by atoms with Crippen molar-refractivity contribution < 1.29 is 17.6 Å². The van der Waals surface area contributed by atoms with Crippen LogP contribution in [0.15, 0.2) is 18.2 Å². The molecule has 0 atom stereocenters. The molecular formula is C12H15F4N. The first-order chi connectivity index (χ1) is 7.95. The summed E-state index contributed by atoms with van der Waals surface area (Å²) >= 11 is 0. The number of alkyl halides is 3. The summed E-state index contributed by atoms with van der Waals surface area (Å²) < 4.78 is 50.0. The van der Waals surface area contributed by atoms with Gasteiger partial charge >= 0.3 is 6.18 Å². The normalized spacial score (nSPS) is 11.8. The van der Waals surface area contributed by atoms with Crippen molar-refractivity contribution in [1.82, 2.24) is 5.32 Å². The molecule has 1 aromatic carbocycles. The van der Waals surface area contributed by atoms with E-state index >= 15 is 0 Å². The molecule has 1 aromatic rings. The SMILES string of the molecule is CCNCCCc1ccc(C(F)(F)F)c(F)c1. The zero-order valence-electron chi connectivity index (χ0n) is 9.57. The third kappa shape index (κ3) is 4.34. The highest BCUT2D eigenvalue weighted by Gasteiger charge is 2.33. The Kier molecular flexibility index (Phi) is 4.93. The van der Waals surface area contributed by atoms with Crippen LogP contribution in [0.5, 0.6) is 0 Å². The van der Waals surface area contributed by atoms with Crippen LogP contribution in [-0.2, 0) is 12.6 Å². The van der Waals surface area contributed by atoms with Crippen LogP contribution in [0.1, 0.15) is 24.5 Å². The van der Waals surface area contributed by atoms with E-state index in [1.54, 1.807) is 0 Å². The van der Waals surface area contributed by atoms with Gasteiger partial charge in [-0.1, -0.05) is 13.0 Å². The maximum atomic E-state index is 13.2. The molecule has 0 amide bonds. The highest BCUT2D eigenvalue weighted by molar-refractivity contribution is 5.26. The summed E-state index contributed by atoms with van der Waals surface area (Å²) in [5, 5.41) is 3.10. The van der Waals surface area contributed by atoms with Crippen molar-refractivity contribution in [3.63, 3.8) is 0 Å². The first-order valence-corrected chi connectivity index (χ1v) is 5.51. The molecule has 0 aromatic heterocycles. The molecule has 0 aliphatic rings. The predicted molar refractivity (Wildman–Crippen MR) is 58.3 cm³/mol. The van der Waals surface area contributed by atoms with E-state index in [2.05, 4.69) is 5.32 Å². The van der Waals surface area contributed by atoms with Crippen LogP contribution in [0.3, 0.4) is 0 Å². The molecule has 5 heteroatoms. The molecule has 1 N–H and O–H groups in total. The van der Waals surface area contributed by atoms with Crippen molar-refractivity contribution in [2.24, 2.45) is 0 Å². The number of nitrogens with one attached hydrogen (secondary N) is 1. The Morgan fingerprint density at radius 2 is 1.94 bits per heavy atom. The predicted octanol–water partition coefficient (Wildman–Crippen LogP) is 3.39. The Hall–Kier alpha value is -1.10. The molecule has 0 saturated carbocycles. The van der Waals surface area contributed by atoms with Gasteiger partial charge in [-0.3, -0.25) is 0 Å². The third-order valence-electron chi connectivity index (χ3n) is 2.41. The van der Waals surface area contributed by atoms with Gasteiger partial charge < -0.3 is 5.32 Å². The second kappa shape index (κ2) is 6.00. The van der Waals surface area contributed by atoms with Crippen LogP contribution in [0, 0.1) is 5.82 Å². The van der Waals surface area contributed by atoms with Gasteiger partial charge in [0.1, 0.15) is 5.82 Å². The van der Waals surface area contributed by atoms with Crippen LogP contribution in [0.25, 0.3) is 0 Å². The van der Waals surface area contributed by atoms with E-state index in [0.29, 0.717) is 12.0 Å². The summed E-state index contributed by atoms with van der Waals surface area (Å²) in [5.74, 6) is -1.20. The van der Waals surface area contributed by atoms with E-state index in [4.69, 9.17) is 0 Å². The number of hydrogen-bond acceptors (Lipinski definition) is 1. The lowest BCUT2D eigenvalue weighted by Crippen LogP contribution is -2.14. The van der Waals surface area contributed by atoms with Gasteiger partial charge in [0.25, 0.3) is 0 Å². The van der Waals surface area contributed by atoms with E-state index in [9.17, 15) is 17.6 Å². The molecule has 0 aliphatic heterocycles. The highest BCUT2D eigenvalue weighted by atomic mass is 19.4. The second-order valence-electron chi connectivity index (χ2n) is 3.77. The van der Waals surface area contributed by atoms with Crippen molar-refractivity contribution in [2.75, 3.05) is 13.1 Å². The molecule has 0 heterocycles. The molecule has 1 nitrogen and oxygen atoms in total. The average molecular weight is 249 g/mol. The maximum absolute atomic E-state index is 13.2. The Labute approximate surface area is 97.8 Å². The minimum Gasteiger partial charge on any atom is -0.317 e. The van der Waals surface area contributed by atoms with Gasteiger partial charge in [-0.05, 0) is 43.6 Å². The van der Waals surface area contributed by atoms with Crippen molar-refractivity contribution in [2.45, 2.75) is 25.9 Å². The smallest absolute Gasteiger partial charge is 0.317 e. The van der Waals surface area contributed by atoms with Gasteiger partial charge in [-0.25, -0.2) is 4.39 Å². The summed E-state index contributed by atoms with van der Waals surface area (Å²) in [5.41, 5.74) is -0.610. The molecule has 0 spiro atoms. The second-order valence-corrected chi connectivity index (χ2v) is 3.77. The molecule has 0 saturated heterocycles. The lowest BCUT2D eigenvalue weighted by molar-refractivity contribution is -0.140. The molecule has 0 bridgehead atoms. The summed E-state index contributed by atoms with van der Waals surface area (Å²) in [6.45, 7) is 3.60. The van der Waals surface area contributed by atoms with E-state index in [-0.39, 0.29) is 0 Å². The average Bonchev–Trinajstić information content (AvgIpc) is 2.23. The Bertz CT molecular complexity index is 360. The van der Waals surface area contributed by atoms with Gasteiger partial charge in [0, 0.05) is 0 Å². The quantitative estimate of drug-likeness (QED) is 0.623. The zero-order chi connectivity index (χ0) is 12.9. The van der Waals surface area contributed by atoms with E-state index in [1.165, 1.54) is 6.07 Å². The minimum atomic E-state index is -4.62. The Balaban J connectivity index is 2.63. The molecule has 96 valence electrons. The number of rotatable bonds is 5. The third-order valence-corrected chi connectivity index (χ3v) is 2.41. The van der Waals surface area contributed by atoms with Gasteiger partial charge in [0.2, 0.25) is 0 Å². The lowest BCUT2D eigenvalue weighted by atomic mass is 10.1. The highest BCUT2D eigenvalue weighted by Crippen LogP contribution is 2.31. The van der Waals surface area contributed by atoms with Crippen LogP contribution in [0.2, 0.25) is 0 Å². The maximum Gasteiger partial charge on any atom is 0.419 e. The fraction of sp³-hybridized carbons (Fsp3) is 0.500. The summed E-state index contributed by atoms with van der Waals surface area (Å²) in [4.78, 5) is 0. The Morgan fingerprint density at radius 1 is 1.24 bits per heavy atom. The van der Waals surface area contributed by atoms with Crippen LogP contribution >= 0.6 is 0 Å². The van der Waals surface area contributed by atoms with Gasteiger partial charge in [0.15, 0.2) is 0 Å². The molecule has 0 radical (unpaired) electrons. The van der Waals surface area contributed by atoms with Crippen LogP contribution in [-0.4, -0.2) is 13.1 Å². The van der Waals surface area contributed by atoms with Gasteiger partial charge in [-0.15, -0.1) is 0 Å². The van der Waals surface area contributed by atoms with Gasteiger partial charge in [0.05, 0.1) is 5.56 Å². The van der Waals surface area contributed by atoms with E-state index < -0.39 is 17.6 Å². The van der Waals surface area contributed by atoms with Crippen LogP contribution in [0.4, 0.5) is 17.6 Å². The van der Waals surface area contributed by atoms with Gasteiger partial charge in [-0.2, -0.15) is 13.2 Å². The van der Waals surface area contributed by atoms with E-state index in [0.717, 1.165) is 31.6 Å². The molecule has 17 heavy (non-hydrogen) atoms. The Morgan fingerprint density at radius 3 is 2.47 bits per heavy atom. The molecule has 1 rings (SSSR count). The topological polar surface area (TPSA) is 12.0 Å². The molecule has 0 unspecified atom stereocenters. The first-order valence-electron chi connectivity index (χ1n) is 5.51. The number of hydrogen-bond donors (Lipinski definition) is 1. The monoisotopic (exact) mass is 249 g/mol. The lowest BCUT2D eigenvalue weighted by Gasteiger charge is -2.09. The molecular weight excluding hydrogens is 234 g/mol. The molecule has 0 fully saturated rings. The first kappa shape index (κ1) is 14.0. The van der Waals surface area contributed by atoms with Crippen molar-refractivity contribution in [1.29, 1.82) is 0 Å². The molecule has 0 aliphatic carbocycles. The van der Waals surface area contributed by atoms with Crippen LogP contribution < -0.4 is 5.32 Å². The van der Waals surface area contributed by atoms with Crippen molar-refractivity contribution >= 4 is 0 Å². The van der Waals surface area contributed by atoms with E-state index in [1.807, 2.05) is 6.92 Å². The van der Waals surface area contributed by atoms with Crippen molar-refractivity contribution in [3.05, 3.63) is 35.1 Å². The minimum absolute atomic E-state index is 0.571. The zero-order valence-corrected chi connectivity index (χ0v) is 9.57. The van der Waals surface area contributed by atoms with Crippen molar-refractivity contribution in [3.8, 4) is 0 Å². The summed E-state index contributed by atoms with van der Waals surface area (Å²) in [6.07, 6.45) is -3.27. The largest absolute Gasteiger partial charge is 0.419 e. The fourth-order valence-corrected chi connectivity index (χ4v) is 1.54. The summed E-state index contributed by atoms with van der Waals surface area (Å²) in [6, 6.07) is 3.10. The number of benzene rings is 1. The number of halogens is 4.